The normalized spacial score (nSPS) is 12.1. The third kappa shape index (κ3) is 12.2. The summed E-state index contributed by atoms with van der Waals surface area (Å²) in [6, 6.07) is 31.4. The Kier molecular flexibility index (Phi) is 17.4. The fourth-order valence-electron chi connectivity index (χ4n) is 7.46. The van der Waals surface area contributed by atoms with Gasteiger partial charge in [0.2, 0.25) is 0 Å². The third-order valence-corrected chi connectivity index (χ3v) is 10.3. The third-order valence-electron chi connectivity index (χ3n) is 10.3. The quantitative estimate of drug-likeness (QED) is 0.0582. The molecule has 2 heteroatoms. The Labute approximate surface area is 312 Å². The predicted octanol–water partition coefficient (Wildman–Crippen LogP) is 15.2. The summed E-state index contributed by atoms with van der Waals surface area (Å²) in [4.78, 5) is 10.7. The second-order valence-corrected chi connectivity index (χ2v) is 14.4. The van der Waals surface area contributed by atoms with Gasteiger partial charge in [0.05, 0.1) is 22.8 Å². The van der Waals surface area contributed by atoms with Gasteiger partial charge in [-0.2, -0.15) is 0 Å². The minimum absolute atomic E-state index is 0.841. The Morgan fingerprint density at radius 3 is 1.65 bits per heavy atom. The Balaban J connectivity index is 1.75. The van der Waals surface area contributed by atoms with Gasteiger partial charge in [-0.15, -0.1) is 0 Å². The van der Waals surface area contributed by atoms with Crippen molar-refractivity contribution < 1.29 is 0 Å². The van der Waals surface area contributed by atoms with Crippen LogP contribution < -0.4 is 0 Å². The Bertz CT molecular complexity index is 1660. The second kappa shape index (κ2) is 22.2. The summed E-state index contributed by atoms with van der Waals surface area (Å²) in [5, 5.41) is 0. The first-order valence-electron chi connectivity index (χ1n) is 20.6. The van der Waals surface area contributed by atoms with Gasteiger partial charge in [0, 0.05) is 0 Å². The van der Waals surface area contributed by atoms with Crippen LogP contribution >= 0.6 is 0 Å². The molecule has 0 aliphatic rings. The van der Waals surface area contributed by atoms with Crippen molar-refractivity contribution in [2.75, 3.05) is 0 Å². The number of unbranched alkanes of at least 4 members (excludes halogenated alkanes) is 9. The van der Waals surface area contributed by atoms with Crippen molar-refractivity contribution in [3.8, 4) is 22.3 Å². The van der Waals surface area contributed by atoms with Crippen LogP contribution in [0, 0.1) is 0 Å². The highest BCUT2D eigenvalue weighted by atomic mass is 14.8. The standard InChI is InChI=1S/C49H66N2/c1-7-12-15-17-18-22-31-42-35-45(37-47(46(42)33-14-9-3)40-27-23-19-24-28-40)50-38(6)48(11-5)51-44-34-39(10-4)49(41-29-25-20-26-30-41)43(36-44)32-21-16-13-8-2/h19-20,23-30,34-37H,7-18,21-22,31-33H2,1-6H3. The summed E-state index contributed by atoms with van der Waals surface area (Å²) in [6.45, 7) is 13.5. The number of nitrogens with zero attached hydrogens (tertiary/aromatic N) is 2. The number of hydrogen-bond acceptors (Lipinski definition) is 2. The highest BCUT2D eigenvalue weighted by Crippen LogP contribution is 2.36. The van der Waals surface area contributed by atoms with E-state index in [2.05, 4.69) is 126 Å². The Morgan fingerprint density at radius 2 is 1.02 bits per heavy atom. The lowest BCUT2D eigenvalue weighted by molar-refractivity contribution is 0.606. The summed E-state index contributed by atoms with van der Waals surface area (Å²) in [5.41, 5.74) is 15.4. The molecule has 4 aromatic rings. The fourth-order valence-corrected chi connectivity index (χ4v) is 7.46. The maximum Gasteiger partial charge on any atom is 0.0642 e. The molecule has 4 rings (SSSR count). The molecule has 0 aliphatic carbocycles. The molecule has 0 fully saturated rings. The van der Waals surface area contributed by atoms with E-state index in [4.69, 9.17) is 9.98 Å². The molecule has 0 aliphatic heterocycles. The first-order valence-corrected chi connectivity index (χ1v) is 20.6. The molecule has 51 heavy (non-hydrogen) atoms. The minimum atomic E-state index is 0.841. The van der Waals surface area contributed by atoms with Gasteiger partial charge in [0.1, 0.15) is 0 Å². The number of aliphatic imine (C=N–C) groups is 2. The van der Waals surface area contributed by atoms with E-state index in [1.165, 1.54) is 122 Å². The molecule has 272 valence electrons. The van der Waals surface area contributed by atoms with Crippen molar-refractivity contribution in [1.82, 2.24) is 0 Å². The molecule has 0 aromatic heterocycles. The van der Waals surface area contributed by atoms with E-state index in [0.29, 0.717) is 0 Å². The Hall–Kier alpha value is -3.78. The molecule has 0 saturated carbocycles. The van der Waals surface area contributed by atoms with E-state index < -0.39 is 0 Å². The van der Waals surface area contributed by atoms with Gasteiger partial charge in [-0.25, -0.2) is 0 Å². The van der Waals surface area contributed by atoms with Gasteiger partial charge in [0.25, 0.3) is 0 Å². The molecule has 0 spiro atoms. The lowest BCUT2D eigenvalue weighted by Crippen LogP contribution is -2.09. The van der Waals surface area contributed by atoms with E-state index in [-0.39, 0.29) is 0 Å². The van der Waals surface area contributed by atoms with Crippen molar-refractivity contribution in [3.63, 3.8) is 0 Å². The van der Waals surface area contributed by atoms with Crippen LogP contribution in [-0.4, -0.2) is 11.4 Å². The van der Waals surface area contributed by atoms with E-state index in [1.807, 2.05) is 0 Å². The maximum absolute atomic E-state index is 5.35. The number of benzene rings is 4. The zero-order chi connectivity index (χ0) is 36.3. The van der Waals surface area contributed by atoms with Gasteiger partial charge < -0.3 is 0 Å². The van der Waals surface area contributed by atoms with E-state index in [0.717, 1.165) is 54.9 Å². The van der Waals surface area contributed by atoms with Crippen molar-refractivity contribution in [2.45, 2.75) is 151 Å². The lowest BCUT2D eigenvalue weighted by Gasteiger charge is -2.18. The van der Waals surface area contributed by atoms with Gasteiger partial charge in [-0.05, 0) is 127 Å². The van der Waals surface area contributed by atoms with Crippen LogP contribution in [-0.2, 0) is 25.7 Å². The fraction of sp³-hybridized carbons (Fsp3) is 0.469. The summed E-state index contributed by atoms with van der Waals surface area (Å²) >= 11 is 0. The van der Waals surface area contributed by atoms with Crippen LogP contribution in [0.4, 0.5) is 11.4 Å². The van der Waals surface area contributed by atoms with Crippen LogP contribution in [0.25, 0.3) is 22.3 Å². The van der Waals surface area contributed by atoms with Crippen molar-refractivity contribution >= 4 is 22.8 Å². The SMILES string of the molecule is CCCCCCCCc1cc(N=C(C)C(CC)=Nc2cc(CC)c(-c3ccccc3)c(CCCCCC)c2)cc(-c2ccccc2)c1CCCC. The second-order valence-electron chi connectivity index (χ2n) is 14.4. The van der Waals surface area contributed by atoms with Crippen molar-refractivity contribution in [3.05, 3.63) is 107 Å². The molecule has 0 N–H and O–H groups in total. The monoisotopic (exact) mass is 683 g/mol. The van der Waals surface area contributed by atoms with Crippen LogP contribution in [0.5, 0.6) is 0 Å². The van der Waals surface area contributed by atoms with E-state index in [1.54, 1.807) is 0 Å². The predicted molar refractivity (Wildman–Crippen MR) is 227 cm³/mol. The molecule has 0 radical (unpaired) electrons. The van der Waals surface area contributed by atoms with Crippen molar-refractivity contribution in [2.24, 2.45) is 9.98 Å². The molecule has 0 unspecified atom stereocenters. The van der Waals surface area contributed by atoms with Crippen LogP contribution in [0.3, 0.4) is 0 Å². The number of aryl methyl sites for hydroxylation is 3. The first kappa shape index (κ1) is 40.0. The molecule has 0 amide bonds. The highest BCUT2D eigenvalue weighted by molar-refractivity contribution is 6.42. The molecule has 4 aromatic carbocycles. The first-order chi connectivity index (χ1) is 25.0. The average molecular weight is 683 g/mol. The van der Waals surface area contributed by atoms with Gasteiger partial charge in [-0.1, -0.05) is 153 Å². The summed E-state index contributed by atoms with van der Waals surface area (Å²) in [7, 11) is 0. The maximum atomic E-state index is 5.35. The minimum Gasteiger partial charge on any atom is -0.252 e. The summed E-state index contributed by atoms with van der Waals surface area (Å²) < 4.78 is 0. The smallest absolute Gasteiger partial charge is 0.0642 e. The summed E-state index contributed by atoms with van der Waals surface area (Å²) in [5.74, 6) is 0. The van der Waals surface area contributed by atoms with E-state index >= 15 is 0 Å². The molecular formula is C49H66N2. The average Bonchev–Trinajstić information content (AvgIpc) is 3.16. The molecule has 0 bridgehead atoms. The molecule has 0 atom stereocenters. The van der Waals surface area contributed by atoms with Crippen molar-refractivity contribution in [1.29, 1.82) is 0 Å². The van der Waals surface area contributed by atoms with Gasteiger partial charge >= 0.3 is 0 Å². The molecule has 0 saturated heterocycles. The highest BCUT2D eigenvalue weighted by Gasteiger charge is 2.15. The molecule has 2 nitrogen and oxygen atoms in total. The zero-order valence-corrected chi connectivity index (χ0v) is 33.0. The largest absolute Gasteiger partial charge is 0.252 e. The zero-order valence-electron chi connectivity index (χ0n) is 33.0. The van der Waals surface area contributed by atoms with E-state index in [9.17, 15) is 0 Å². The van der Waals surface area contributed by atoms with Crippen LogP contribution in [0.1, 0.15) is 147 Å². The number of rotatable bonds is 22. The molecular weight excluding hydrogens is 617 g/mol. The van der Waals surface area contributed by atoms with Crippen LogP contribution in [0.15, 0.2) is 94.9 Å². The Morgan fingerprint density at radius 1 is 0.490 bits per heavy atom. The topological polar surface area (TPSA) is 24.7 Å². The van der Waals surface area contributed by atoms with Gasteiger partial charge in [0.15, 0.2) is 0 Å². The van der Waals surface area contributed by atoms with Crippen LogP contribution in [0.2, 0.25) is 0 Å². The summed E-state index contributed by atoms with van der Waals surface area (Å²) in [6.07, 6.45) is 20.5. The van der Waals surface area contributed by atoms with Gasteiger partial charge in [-0.3, -0.25) is 9.98 Å². The molecule has 0 heterocycles. The lowest BCUT2D eigenvalue weighted by atomic mass is 9.89. The number of hydrogen-bond donors (Lipinski definition) is 0.